The van der Waals surface area contributed by atoms with Crippen molar-refractivity contribution in [3.05, 3.63) is 0 Å². The molecule has 4 aliphatic carbocycles. The number of hydrogen-bond acceptors (Lipinski definition) is 2. The first kappa shape index (κ1) is 13.3. The van der Waals surface area contributed by atoms with Gasteiger partial charge in [0.2, 0.25) is 0 Å². The van der Waals surface area contributed by atoms with Gasteiger partial charge in [-0.1, -0.05) is 0 Å². The Morgan fingerprint density at radius 2 is 1.70 bits per heavy atom. The van der Waals surface area contributed by atoms with Crippen LogP contribution in [0.25, 0.3) is 0 Å². The van der Waals surface area contributed by atoms with Crippen molar-refractivity contribution < 1.29 is 9.90 Å². The normalized spacial score (nSPS) is 55.0. The van der Waals surface area contributed by atoms with Gasteiger partial charge in [-0.05, 0) is 87.9 Å². The molecule has 0 amide bonds. The van der Waals surface area contributed by atoms with Crippen LogP contribution in [-0.4, -0.2) is 16.5 Å². The van der Waals surface area contributed by atoms with E-state index in [4.69, 9.17) is 0 Å². The largest absolute Gasteiger partial charge is 0.390 e. The molecule has 0 heterocycles. The Labute approximate surface area is 122 Å². The highest BCUT2D eigenvalue weighted by atomic mass is 16.3. The molecular formula is C18H28O2. The van der Waals surface area contributed by atoms with Crippen LogP contribution in [0, 0.1) is 35.5 Å². The third-order valence-electron chi connectivity index (χ3n) is 7.31. The molecule has 0 radical (unpaired) electrons. The number of hydrogen-bond donors (Lipinski definition) is 1. The minimum absolute atomic E-state index is 0.408. The summed E-state index contributed by atoms with van der Waals surface area (Å²) >= 11 is 0. The second-order valence-corrected chi connectivity index (χ2v) is 8.42. The van der Waals surface area contributed by atoms with E-state index >= 15 is 0 Å². The van der Waals surface area contributed by atoms with Crippen molar-refractivity contribution in [1.82, 2.24) is 0 Å². The van der Waals surface area contributed by atoms with Crippen LogP contribution in [0.5, 0.6) is 0 Å². The predicted molar refractivity (Wildman–Crippen MR) is 78.1 cm³/mol. The molecule has 0 aliphatic heterocycles. The average Bonchev–Trinajstić information content (AvgIpc) is 2.79. The molecule has 1 N–H and O–H groups in total. The molecule has 2 nitrogen and oxygen atoms in total. The third-order valence-corrected chi connectivity index (χ3v) is 7.31. The molecule has 0 bridgehead atoms. The van der Waals surface area contributed by atoms with Gasteiger partial charge in [-0.3, -0.25) is 4.79 Å². The smallest absolute Gasteiger partial charge is 0.136 e. The summed E-state index contributed by atoms with van der Waals surface area (Å²) in [5.41, 5.74) is -0.408. The van der Waals surface area contributed by atoms with E-state index in [2.05, 4.69) is 0 Å². The Hall–Kier alpha value is -0.370. The summed E-state index contributed by atoms with van der Waals surface area (Å²) in [6.45, 7) is 2.03. The molecule has 0 saturated heterocycles. The molecule has 4 aliphatic rings. The van der Waals surface area contributed by atoms with Gasteiger partial charge in [0.1, 0.15) is 5.78 Å². The van der Waals surface area contributed by atoms with E-state index < -0.39 is 5.60 Å². The number of aliphatic hydroxyl groups is 1. The van der Waals surface area contributed by atoms with E-state index in [1.807, 2.05) is 6.92 Å². The molecule has 5 unspecified atom stereocenters. The lowest BCUT2D eigenvalue weighted by Crippen LogP contribution is -2.48. The van der Waals surface area contributed by atoms with Crippen molar-refractivity contribution >= 4 is 5.78 Å². The molecule has 7 atom stereocenters. The predicted octanol–water partition coefficient (Wildman–Crippen LogP) is 3.57. The maximum absolute atomic E-state index is 12.0. The van der Waals surface area contributed by atoms with Gasteiger partial charge in [0.05, 0.1) is 5.60 Å². The molecule has 4 fully saturated rings. The van der Waals surface area contributed by atoms with E-state index in [1.165, 1.54) is 38.5 Å². The van der Waals surface area contributed by atoms with Gasteiger partial charge in [-0.15, -0.1) is 0 Å². The van der Waals surface area contributed by atoms with Crippen LogP contribution in [0.15, 0.2) is 0 Å². The quantitative estimate of drug-likeness (QED) is 0.734. The molecule has 0 aromatic rings. The Morgan fingerprint density at radius 1 is 0.950 bits per heavy atom. The number of ketones is 1. The highest BCUT2D eigenvalue weighted by Crippen LogP contribution is 2.58. The Morgan fingerprint density at radius 3 is 2.55 bits per heavy atom. The van der Waals surface area contributed by atoms with E-state index in [0.29, 0.717) is 11.7 Å². The topological polar surface area (TPSA) is 37.3 Å². The zero-order valence-electron chi connectivity index (χ0n) is 12.7. The minimum Gasteiger partial charge on any atom is -0.390 e. The lowest BCUT2D eigenvalue weighted by atomic mass is 9.52. The number of Topliss-reactive ketones (excluding diaryl/α,β-unsaturated/α-hetero) is 1. The minimum atomic E-state index is -0.408. The van der Waals surface area contributed by atoms with E-state index in [1.54, 1.807) is 0 Å². The molecule has 4 rings (SSSR count). The molecule has 2 heteroatoms. The van der Waals surface area contributed by atoms with Gasteiger partial charge in [-0.25, -0.2) is 0 Å². The number of rotatable bonds is 0. The van der Waals surface area contributed by atoms with Gasteiger partial charge < -0.3 is 5.11 Å². The van der Waals surface area contributed by atoms with Gasteiger partial charge in [0.15, 0.2) is 0 Å². The summed E-state index contributed by atoms with van der Waals surface area (Å²) in [5, 5.41) is 10.3. The van der Waals surface area contributed by atoms with Crippen molar-refractivity contribution in [1.29, 1.82) is 0 Å². The Bertz CT molecular complexity index is 414. The monoisotopic (exact) mass is 276 g/mol. The molecule has 112 valence electrons. The first-order chi connectivity index (χ1) is 9.55. The van der Waals surface area contributed by atoms with Gasteiger partial charge >= 0.3 is 0 Å². The third kappa shape index (κ3) is 1.98. The SMILES string of the molecule is C[C@]1(O)CCC2C(CCC3C2CCC2C(=O)CC[C@@H]23)C1. The molecule has 4 saturated carbocycles. The Kier molecular flexibility index (Phi) is 3.03. The van der Waals surface area contributed by atoms with Crippen LogP contribution >= 0.6 is 0 Å². The lowest BCUT2D eigenvalue weighted by molar-refractivity contribution is -0.125. The number of fused-ring (bicyclic) bond motifs is 5. The second kappa shape index (κ2) is 4.56. The summed E-state index contributed by atoms with van der Waals surface area (Å²) in [4.78, 5) is 12.0. The van der Waals surface area contributed by atoms with Crippen molar-refractivity contribution in [3.8, 4) is 0 Å². The van der Waals surface area contributed by atoms with Crippen molar-refractivity contribution in [2.45, 2.75) is 70.3 Å². The maximum atomic E-state index is 12.0. The van der Waals surface area contributed by atoms with Crippen LogP contribution in [0.3, 0.4) is 0 Å². The van der Waals surface area contributed by atoms with Crippen LogP contribution in [0.1, 0.15) is 64.7 Å². The van der Waals surface area contributed by atoms with Gasteiger partial charge in [-0.2, -0.15) is 0 Å². The number of carbonyl (C=O) groups excluding carboxylic acids is 1. The lowest BCUT2D eigenvalue weighted by Gasteiger charge is -2.53. The average molecular weight is 276 g/mol. The maximum Gasteiger partial charge on any atom is 0.136 e. The van der Waals surface area contributed by atoms with E-state index in [9.17, 15) is 9.90 Å². The zero-order chi connectivity index (χ0) is 13.9. The van der Waals surface area contributed by atoms with Gasteiger partial charge in [0.25, 0.3) is 0 Å². The fourth-order valence-electron chi connectivity index (χ4n) is 6.50. The van der Waals surface area contributed by atoms with Crippen molar-refractivity contribution in [2.24, 2.45) is 35.5 Å². The van der Waals surface area contributed by atoms with E-state index in [0.717, 1.165) is 48.9 Å². The van der Waals surface area contributed by atoms with E-state index in [-0.39, 0.29) is 0 Å². The highest BCUT2D eigenvalue weighted by Gasteiger charge is 2.52. The Balaban J connectivity index is 1.54. The first-order valence-electron chi connectivity index (χ1n) is 8.80. The van der Waals surface area contributed by atoms with Crippen molar-refractivity contribution in [3.63, 3.8) is 0 Å². The standard InChI is InChI=1S/C18H28O2/c1-18(20)9-8-12-11(10-18)2-3-14-13(12)4-5-16-15(14)6-7-17(16)19/h11-16,20H,2-10H2,1H3/t11?,12?,13?,14?,15-,16?,18+/m1/s1. The molecule has 0 aromatic carbocycles. The van der Waals surface area contributed by atoms with Gasteiger partial charge in [0, 0.05) is 12.3 Å². The van der Waals surface area contributed by atoms with Crippen molar-refractivity contribution in [2.75, 3.05) is 0 Å². The fourth-order valence-corrected chi connectivity index (χ4v) is 6.50. The van der Waals surface area contributed by atoms with Crippen LogP contribution in [0.4, 0.5) is 0 Å². The summed E-state index contributed by atoms with van der Waals surface area (Å²) in [6, 6.07) is 0. The fraction of sp³-hybridized carbons (Fsp3) is 0.944. The summed E-state index contributed by atoms with van der Waals surface area (Å²) < 4.78 is 0. The first-order valence-corrected chi connectivity index (χ1v) is 8.80. The molecule has 20 heavy (non-hydrogen) atoms. The molecular weight excluding hydrogens is 248 g/mol. The highest BCUT2D eigenvalue weighted by molar-refractivity contribution is 5.83. The molecule has 0 aromatic heterocycles. The summed E-state index contributed by atoms with van der Waals surface area (Å²) in [6.07, 6.45) is 10.4. The second-order valence-electron chi connectivity index (χ2n) is 8.42. The van der Waals surface area contributed by atoms with Crippen LogP contribution in [0.2, 0.25) is 0 Å². The zero-order valence-corrected chi connectivity index (χ0v) is 12.7. The number of carbonyl (C=O) groups is 1. The summed E-state index contributed by atoms with van der Waals surface area (Å²) in [7, 11) is 0. The molecule has 0 spiro atoms. The van der Waals surface area contributed by atoms with Crippen LogP contribution < -0.4 is 0 Å². The summed E-state index contributed by atoms with van der Waals surface area (Å²) in [5.74, 6) is 5.05. The van der Waals surface area contributed by atoms with Crippen LogP contribution in [-0.2, 0) is 4.79 Å².